The molecule has 0 aromatic heterocycles. The van der Waals surface area contributed by atoms with Gasteiger partial charge in [0.05, 0.1) is 5.69 Å². The molecule has 0 unspecified atom stereocenters. The van der Waals surface area contributed by atoms with E-state index in [4.69, 9.17) is 11.5 Å². The van der Waals surface area contributed by atoms with Crippen molar-refractivity contribution in [2.45, 2.75) is 39.5 Å². The van der Waals surface area contributed by atoms with Crippen molar-refractivity contribution in [3.63, 3.8) is 0 Å². The molecule has 7 heteroatoms. The van der Waals surface area contributed by atoms with Crippen molar-refractivity contribution in [3.05, 3.63) is 41.5 Å². The van der Waals surface area contributed by atoms with E-state index in [9.17, 15) is 13.0 Å². The van der Waals surface area contributed by atoms with Crippen molar-refractivity contribution < 1.29 is 13.0 Å². The molecule has 150 valence electrons. The summed E-state index contributed by atoms with van der Waals surface area (Å²) in [6, 6.07) is 8.54. The highest BCUT2D eigenvalue weighted by atomic mass is 32.2. The van der Waals surface area contributed by atoms with Gasteiger partial charge in [-0.05, 0) is 80.0 Å². The van der Waals surface area contributed by atoms with Crippen LogP contribution in [0.4, 0.5) is 11.4 Å². The molecule has 0 saturated carbocycles. The Morgan fingerprint density at radius 2 is 1.41 bits per heavy atom. The maximum absolute atomic E-state index is 11.4. The minimum atomic E-state index is -4.35. The van der Waals surface area contributed by atoms with Gasteiger partial charge in [0.2, 0.25) is 0 Å². The Hall–Kier alpha value is -2.09. The van der Waals surface area contributed by atoms with Gasteiger partial charge in [0.25, 0.3) is 10.1 Å². The Labute approximate surface area is 162 Å². The fourth-order valence-corrected chi connectivity index (χ4v) is 3.39. The van der Waals surface area contributed by atoms with Gasteiger partial charge < -0.3 is 16.4 Å². The summed E-state index contributed by atoms with van der Waals surface area (Å²) >= 11 is 0. The third-order valence-corrected chi connectivity index (χ3v) is 5.47. The van der Waals surface area contributed by atoms with Crippen LogP contribution in [-0.2, 0) is 10.1 Å². The summed E-state index contributed by atoms with van der Waals surface area (Å²) in [4.78, 5) is 2.10. The average Bonchev–Trinajstić information content (AvgIpc) is 2.60. The van der Waals surface area contributed by atoms with E-state index in [0.717, 1.165) is 11.1 Å². The van der Waals surface area contributed by atoms with Crippen LogP contribution >= 0.6 is 0 Å². The number of hydrogen-bond acceptors (Lipinski definition) is 5. The molecule has 0 bridgehead atoms. The van der Waals surface area contributed by atoms with Crippen LogP contribution in [0.2, 0.25) is 0 Å². The molecule has 2 aromatic carbocycles. The molecule has 0 heterocycles. The van der Waals surface area contributed by atoms with Gasteiger partial charge in [-0.3, -0.25) is 4.55 Å². The average molecular weight is 394 g/mol. The van der Waals surface area contributed by atoms with Crippen LogP contribution in [0.3, 0.4) is 0 Å². The van der Waals surface area contributed by atoms with E-state index < -0.39 is 10.1 Å². The first-order valence-corrected chi connectivity index (χ1v) is 10.5. The van der Waals surface area contributed by atoms with Crippen LogP contribution in [0, 0.1) is 13.8 Å². The fourth-order valence-electron chi connectivity index (χ4n) is 2.67. The Morgan fingerprint density at radius 1 is 0.889 bits per heavy atom. The zero-order valence-electron chi connectivity index (χ0n) is 16.8. The first-order chi connectivity index (χ1) is 12.5. The van der Waals surface area contributed by atoms with Crippen molar-refractivity contribution in [1.29, 1.82) is 0 Å². The largest absolute Gasteiger partial charge is 0.399 e. The maximum Gasteiger partial charge on any atom is 0.296 e. The molecule has 0 amide bonds. The molecule has 0 atom stereocenters. The Bertz CT molecular complexity index is 871. The molecule has 0 aliphatic rings. The van der Waals surface area contributed by atoms with E-state index in [1.54, 1.807) is 25.1 Å². The molecule has 0 aliphatic carbocycles. The smallest absolute Gasteiger partial charge is 0.296 e. The quantitative estimate of drug-likeness (QED) is 0.527. The van der Waals surface area contributed by atoms with E-state index in [1.165, 1.54) is 25.7 Å². The Balaban J connectivity index is 0.000000445. The lowest BCUT2D eigenvalue weighted by atomic mass is 10.00. The standard InChI is InChI=1S/C14H16N2O3S.C6H15N/c1-8-5-10(3-4-12(8)15)11-6-9(2)14(16)13(7-11)20(17,18)19;1-4-7(5-2)6-3/h3-7H,15-16H2,1-2H3,(H,17,18,19);4-6H2,1-3H3. The second-order valence-electron chi connectivity index (χ2n) is 6.37. The highest BCUT2D eigenvalue weighted by molar-refractivity contribution is 7.86. The van der Waals surface area contributed by atoms with Crippen molar-refractivity contribution in [1.82, 2.24) is 4.90 Å². The van der Waals surface area contributed by atoms with Gasteiger partial charge in [-0.25, -0.2) is 0 Å². The minimum absolute atomic E-state index is 0.0587. The summed E-state index contributed by atoms with van der Waals surface area (Å²) < 4.78 is 32.0. The molecule has 0 spiro atoms. The number of nitrogens with two attached hydrogens (primary N) is 2. The Kier molecular flexibility index (Phi) is 8.27. The van der Waals surface area contributed by atoms with E-state index in [1.807, 2.05) is 13.0 Å². The fraction of sp³-hybridized carbons (Fsp3) is 0.400. The summed E-state index contributed by atoms with van der Waals surface area (Å²) in [7, 11) is -4.35. The number of aryl methyl sites for hydroxylation is 2. The van der Waals surface area contributed by atoms with Crippen molar-refractivity contribution in [2.24, 2.45) is 0 Å². The molecule has 6 nitrogen and oxygen atoms in total. The second-order valence-corrected chi connectivity index (χ2v) is 7.76. The summed E-state index contributed by atoms with van der Waals surface area (Å²) in [6.07, 6.45) is 0. The third kappa shape index (κ3) is 6.23. The van der Waals surface area contributed by atoms with E-state index >= 15 is 0 Å². The topological polar surface area (TPSA) is 110 Å². The number of nitrogens with zero attached hydrogens (tertiary/aromatic N) is 1. The van der Waals surface area contributed by atoms with Crippen LogP contribution in [0.15, 0.2) is 35.2 Å². The second kappa shape index (κ2) is 9.73. The molecular weight excluding hydrogens is 362 g/mol. The van der Waals surface area contributed by atoms with E-state index in [2.05, 4.69) is 25.7 Å². The summed E-state index contributed by atoms with van der Waals surface area (Å²) in [5.74, 6) is 0. The van der Waals surface area contributed by atoms with Crippen molar-refractivity contribution in [3.8, 4) is 11.1 Å². The number of hydrogen-bond donors (Lipinski definition) is 3. The monoisotopic (exact) mass is 393 g/mol. The predicted octanol–water partition coefficient (Wildman–Crippen LogP) is 3.73. The molecule has 5 N–H and O–H groups in total. The SMILES string of the molecule is CCN(CC)CC.Cc1cc(-c2cc(C)c(N)c(S(=O)(=O)O)c2)ccc1N. The Morgan fingerprint density at radius 3 is 1.81 bits per heavy atom. The van der Waals surface area contributed by atoms with Gasteiger partial charge in [-0.1, -0.05) is 26.8 Å². The lowest BCUT2D eigenvalue weighted by Crippen LogP contribution is -2.21. The van der Waals surface area contributed by atoms with Gasteiger partial charge >= 0.3 is 0 Å². The van der Waals surface area contributed by atoms with Gasteiger partial charge in [-0.15, -0.1) is 0 Å². The number of rotatable bonds is 5. The first-order valence-electron chi connectivity index (χ1n) is 9.01. The number of anilines is 2. The molecule has 0 aliphatic heterocycles. The zero-order chi connectivity index (χ0) is 20.8. The molecule has 27 heavy (non-hydrogen) atoms. The van der Waals surface area contributed by atoms with Gasteiger partial charge in [0.15, 0.2) is 0 Å². The molecular formula is C20H31N3O3S. The minimum Gasteiger partial charge on any atom is -0.399 e. The lowest BCUT2D eigenvalue weighted by molar-refractivity contribution is 0.321. The van der Waals surface area contributed by atoms with Gasteiger partial charge in [0.1, 0.15) is 4.90 Å². The lowest BCUT2D eigenvalue weighted by Gasteiger charge is -2.13. The number of benzene rings is 2. The highest BCUT2D eigenvalue weighted by Crippen LogP contribution is 2.31. The molecule has 0 radical (unpaired) electrons. The molecule has 2 rings (SSSR count). The summed E-state index contributed by atoms with van der Waals surface area (Å²) in [5.41, 5.74) is 15.1. The van der Waals surface area contributed by atoms with Crippen LogP contribution in [0.5, 0.6) is 0 Å². The maximum atomic E-state index is 11.4. The van der Waals surface area contributed by atoms with Gasteiger partial charge in [0, 0.05) is 5.69 Å². The van der Waals surface area contributed by atoms with E-state index in [0.29, 0.717) is 16.8 Å². The summed E-state index contributed by atoms with van der Waals surface area (Å²) in [6.45, 7) is 13.7. The normalized spacial score (nSPS) is 11.2. The van der Waals surface area contributed by atoms with Crippen LogP contribution in [0.1, 0.15) is 31.9 Å². The molecule has 0 saturated heterocycles. The zero-order valence-corrected chi connectivity index (χ0v) is 17.6. The van der Waals surface area contributed by atoms with Crippen molar-refractivity contribution in [2.75, 3.05) is 31.1 Å². The molecule has 2 aromatic rings. The predicted molar refractivity (Wildman–Crippen MR) is 113 cm³/mol. The van der Waals surface area contributed by atoms with Crippen molar-refractivity contribution >= 4 is 21.5 Å². The summed E-state index contributed by atoms with van der Waals surface area (Å²) in [5, 5.41) is 0. The van der Waals surface area contributed by atoms with Gasteiger partial charge in [-0.2, -0.15) is 8.42 Å². The highest BCUT2D eigenvalue weighted by Gasteiger charge is 2.17. The molecule has 0 fully saturated rings. The van der Waals surface area contributed by atoms with E-state index in [-0.39, 0.29) is 10.6 Å². The first kappa shape index (κ1) is 23.0. The van der Waals surface area contributed by atoms with Crippen LogP contribution < -0.4 is 11.5 Å². The third-order valence-electron chi connectivity index (χ3n) is 4.57. The van der Waals surface area contributed by atoms with Crippen LogP contribution in [0.25, 0.3) is 11.1 Å². The van der Waals surface area contributed by atoms with Crippen LogP contribution in [-0.4, -0.2) is 37.5 Å². The number of nitrogen functional groups attached to an aromatic ring is 2.